The van der Waals surface area contributed by atoms with Crippen molar-refractivity contribution in [3.8, 4) is 11.9 Å². The summed E-state index contributed by atoms with van der Waals surface area (Å²) in [5.41, 5.74) is 3.67. The molecule has 2 aromatic carbocycles. The molecule has 2 aliphatic rings. The van der Waals surface area contributed by atoms with E-state index < -0.39 is 14.6 Å². The number of hydrogen-bond donors (Lipinski definition) is 1. The number of sulfone groups is 1. The van der Waals surface area contributed by atoms with Crippen LogP contribution in [0.4, 0.5) is 11.5 Å². The lowest BCUT2D eigenvalue weighted by Crippen LogP contribution is -2.27. The van der Waals surface area contributed by atoms with Crippen molar-refractivity contribution in [2.75, 3.05) is 5.32 Å². The van der Waals surface area contributed by atoms with Crippen LogP contribution in [0.1, 0.15) is 58.6 Å². The number of nitrogens with zero attached hydrogens (tertiary/aromatic N) is 4. The SMILES string of the molecule is CC.CC#N.CC1(C)Cc2cc(Nc3nn(CC4CC4)c4ccnc(OCc5ccccc5)c34)ccc2S1(=O)=O. The summed E-state index contributed by atoms with van der Waals surface area (Å²) in [7, 11) is -3.33. The van der Waals surface area contributed by atoms with E-state index in [0.717, 1.165) is 34.3 Å². The molecule has 1 aliphatic carbocycles. The second-order valence-electron chi connectivity index (χ2n) is 10.4. The van der Waals surface area contributed by atoms with Crippen LogP contribution in [-0.4, -0.2) is 27.9 Å². The van der Waals surface area contributed by atoms with Crippen molar-refractivity contribution in [3.05, 3.63) is 71.9 Å². The van der Waals surface area contributed by atoms with Crippen molar-refractivity contribution in [2.45, 2.75) is 76.7 Å². The molecule has 2 aromatic heterocycles. The highest BCUT2D eigenvalue weighted by atomic mass is 32.2. The molecule has 210 valence electrons. The zero-order valence-electron chi connectivity index (χ0n) is 23.8. The minimum atomic E-state index is -3.33. The van der Waals surface area contributed by atoms with Crippen molar-refractivity contribution in [3.63, 3.8) is 0 Å². The van der Waals surface area contributed by atoms with E-state index in [1.165, 1.54) is 19.8 Å². The molecule has 0 bridgehead atoms. The summed E-state index contributed by atoms with van der Waals surface area (Å²) in [6.07, 6.45) is 4.70. The van der Waals surface area contributed by atoms with Crippen molar-refractivity contribution in [1.29, 1.82) is 5.26 Å². The first-order valence-electron chi connectivity index (χ1n) is 13.7. The molecular formula is C31H37N5O3S. The number of pyridine rings is 1. The van der Waals surface area contributed by atoms with E-state index in [9.17, 15) is 8.42 Å². The van der Waals surface area contributed by atoms with Crippen molar-refractivity contribution in [1.82, 2.24) is 14.8 Å². The maximum Gasteiger partial charge on any atom is 0.227 e. The Morgan fingerprint density at radius 1 is 1.12 bits per heavy atom. The molecule has 0 unspecified atom stereocenters. The lowest BCUT2D eigenvalue weighted by Gasteiger charge is -2.15. The Kier molecular flexibility index (Phi) is 8.79. The number of hydrogen-bond acceptors (Lipinski definition) is 7. The van der Waals surface area contributed by atoms with E-state index >= 15 is 0 Å². The fourth-order valence-electron chi connectivity index (χ4n) is 4.75. The molecular weight excluding hydrogens is 522 g/mol. The van der Waals surface area contributed by atoms with Gasteiger partial charge in [-0.25, -0.2) is 13.4 Å². The molecule has 0 atom stereocenters. The summed E-state index contributed by atoms with van der Waals surface area (Å²) < 4.78 is 33.1. The zero-order valence-corrected chi connectivity index (χ0v) is 24.6. The number of rotatable bonds is 7. The van der Waals surface area contributed by atoms with Gasteiger partial charge in [0.1, 0.15) is 12.0 Å². The summed E-state index contributed by atoms with van der Waals surface area (Å²) in [6, 6.07) is 19.2. The number of nitrogens with one attached hydrogen (secondary N) is 1. The Bertz CT molecular complexity index is 1620. The Balaban J connectivity index is 0.000000695. The van der Waals surface area contributed by atoms with Gasteiger partial charge in [-0.05, 0) is 74.4 Å². The van der Waals surface area contributed by atoms with Gasteiger partial charge in [0, 0.05) is 25.4 Å². The van der Waals surface area contributed by atoms with Gasteiger partial charge in [0.05, 0.1) is 21.2 Å². The van der Waals surface area contributed by atoms with Gasteiger partial charge < -0.3 is 10.1 Å². The number of aromatic nitrogens is 3. The molecule has 8 nitrogen and oxygen atoms in total. The van der Waals surface area contributed by atoms with Gasteiger partial charge >= 0.3 is 0 Å². The highest BCUT2D eigenvalue weighted by molar-refractivity contribution is 7.93. The van der Waals surface area contributed by atoms with Crippen LogP contribution in [-0.2, 0) is 29.4 Å². The fourth-order valence-corrected chi connectivity index (χ4v) is 6.41. The van der Waals surface area contributed by atoms with Crippen LogP contribution in [0.3, 0.4) is 0 Å². The fraction of sp³-hybridized carbons (Fsp3) is 0.387. The van der Waals surface area contributed by atoms with E-state index in [2.05, 4.69) is 10.3 Å². The summed E-state index contributed by atoms with van der Waals surface area (Å²) in [5.74, 6) is 1.85. The van der Waals surface area contributed by atoms with E-state index in [4.69, 9.17) is 15.1 Å². The smallest absolute Gasteiger partial charge is 0.227 e. The Labute approximate surface area is 236 Å². The van der Waals surface area contributed by atoms with Crippen LogP contribution in [0.5, 0.6) is 5.88 Å². The normalized spacial score (nSPS) is 16.0. The molecule has 0 saturated heterocycles. The summed E-state index contributed by atoms with van der Waals surface area (Å²) >= 11 is 0. The van der Waals surface area contributed by atoms with Gasteiger partial charge in [-0.15, -0.1) is 0 Å². The minimum Gasteiger partial charge on any atom is -0.472 e. The predicted octanol–water partition coefficient (Wildman–Crippen LogP) is 6.83. The van der Waals surface area contributed by atoms with E-state index in [-0.39, 0.29) is 0 Å². The molecule has 1 aliphatic heterocycles. The number of ether oxygens (including phenoxy) is 1. The standard InChI is InChI=1S/C27H28N4O3S.C2H3N.C2H6/c1-27(2)15-20-14-21(10-11-23(20)35(27,32)33)29-25-24-22(31(30-25)16-18-8-9-18)12-13-28-26(24)34-17-19-6-4-3-5-7-19;1-2-3;1-2/h3-7,10-14,18H,8-9,15-17H2,1-2H3,(H,29,30);1H3;1-2H3. The monoisotopic (exact) mass is 559 g/mol. The van der Waals surface area contributed by atoms with Crippen LogP contribution in [0.2, 0.25) is 0 Å². The molecule has 1 saturated carbocycles. The lowest BCUT2D eigenvalue weighted by molar-refractivity contribution is 0.298. The molecule has 0 spiro atoms. The minimum absolute atomic E-state index is 0.409. The number of nitriles is 1. The average molecular weight is 560 g/mol. The number of benzene rings is 2. The molecule has 0 radical (unpaired) electrons. The lowest BCUT2D eigenvalue weighted by atomic mass is 10.0. The molecule has 3 heterocycles. The topological polar surface area (TPSA) is 110 Å². The van der Waals surface area contributed by atoms with E-state index in [1.807, 2.05) is 67.1 Å². The second kappa shape index (κ2) is 12.1. The highest BCUT2D eigenvalue weighted by Gasteiger charge is 2.43. The van der Waals surface area contributed by atoms with Gasteiger partial charge in [-0.1, -0.05) is 44.2 Å². The molecule has 9 heteroatoms. The van der Waals surface area contributed by atoms with Crippen molar-refractivity contribution < 1.29 is 13.2 Å². The molecule has 1 N–H and O–H groups in total. The van der Waals surface area contributed by atoms with Crippen molar-refractivity contribution >= 4 is 32.2 Å². The summed E-state index contributed by atoms with van der Waals surface area (Å²) in [4.78, 5) is 4.96. The average Bonchev–Trinajstić information content (AvgIpc) is 3.66. The molecule has 4 aromatic rings. The maximum absolute atomic E-state index is 12.8. The first-order valence-corrected chi connectivity index (χ1v) is 15.2. The highest BCUT2D eigenvalue weighted by Crippen LogP contribution is 2.41. The van der Waals surface area contributed by atoms with Gasteiger partial charge in [0.2, 0.25) is 5.88 Å². The van der Waals surface area contributed by atoms with Crippen LogP contribution in [0.15, 0.2) is 65.7 Å². The third-order valence-corrected chi connectivity index (χ3v) is 9.51. The number of fused-ring (bicyclic) bond motifs is 2. The largest absolute Gasteiger partial charge is 0.472 e. The third kappa shape index (κ3) is 5.97. The predicted molar refractivity (Wildman–Crippen MR) is 158 cm³/mol. The molecule has 40 heavy (non-hydrogen) atoms. The summed E-state index contributed by atoms with van der Waals surface area (Å²) in [5, 5.41) is 16.5. The van der Waals surface area contributed by atoms with Gasteiger partial charge in [0.25, 0.3) is 0 Å². The zero-order chi connectivity index (χ0) is 28.9. The van der Waals surface area contributed by atoms with Crippen LogP contribution in [0.25, 0.3) is 10.9 Å². The van der Waals surface area contributed by atoms with E-state index in [0.29, 0.717) is 35.5 Å². The third-order valence-electron chi connectivity index (χ3n) is 6.93. The molecule has 1 fully saturated rings. The van der Waals surface area contributed by atoms with Gasteiger partial charge in [-0.2, -0.15) is 10.4 Å². The number of anilines is 2. The molecule has 0 amide bonds. The van der Waals surface area contributed by atoms with Crippen LogP contribution < -0.4 is 10.1 Å². The first kappa shape index (κ1) is 29.1. The Morgan fingerprint density at radius 2 is 1.82 bits per heavy atom. The first-order chi connectivity index (χ1) is 19.2. The maximum atomic E-state index is 12.8. The van der Waals surface area contributed by atoms with Gasteiger partial charge in [0.15, 0.2) is 15.7 Å². The van der Waals surface area contributed by atoms with Crippen molar-refractivity contribution in [2.24, 2.45) is 5.92 Å². The van der Waals surface area contributed by atoms with E-state index in [1.54, 1.807) is 32.2 Å². The van der Waals surface area contributed by atoms with Crippen LogP contribution in [0, 0.1) is 17.2 Å². The Hall–Kier alpha value is -3.90. The second-order valence-corrected chi connectivity index (χ2v) is 12.9. The summed E-state index contributed by atoms with van der Waals surface area (Å²) in [6.45, 7) is 10.3. The van der Waals surface area contributed by atoms with Gasteiger partial charge in [-0.3, -0.25) is 4.68 Å². The van der Waals surface area contributed by atoms with Crippen LogP contribution >= 0.6 is 0 Å². The molecule has 6 rings (SSSR count). The Morgan fingerprint density at radius 3 is 2.50 bits per heavy atom. The quantitative estimate of drug-likeness (QED) is 0.264.